The van der Waals surface area contributed by atoms with Crippen molar-refractivity contribution >= 4 is 17.5 Å². The fraction of sp³-hybridized carbons (Fsp3) is 0.500. The number of likely N-dealkylation sites (tertiary alicyclic amines) is 1. The fourth-order valence-electron chi connectivity index (χ4n) is 2.34. The minimum absolute atomic E-state index is 0.0861. The maximum Gasteiger partial charge on any atom is 0.272 e. The van der Waals surface area contributed by atoms with Crippen molar-refractivity contribution in [1.82, 2.24) is 9.88 Å². The third kappa shape index (κ3) is 3.24. The normalized spacial score (nSPS) is 19.6. The molecule has 1 fully saturated rings. The number of aromatic nitrogens is 1. The largest absolute Gasteiger partial charge is 0.333 e. The third-order valence-corrected chi connectivity index (χ3v) is 3.78. The van der Waals surface area contributed by atoms with E-state index in [0.29, 0.717) is 17.1 Å². The van der Waals surface area contributed by atoms with E-state index in [0.717, 1.165) is 32.2 Å². The van der Waals surface area contributed by atoms with E-state index in [1.807, 2.05) is 11.0 Å². The van der Waals surface area contributed by atoms with Crippen LogP contribution in [0.3, 0.4) is 0 Å². The molecule has 100 valence electrons. The molecule has 0 aromatic carbocycles. The molecule has 1 aromatic rings. The molecule has 1 saturated heterocycles. The molecule has 1 amide bonds. The van der Waals surface area contributed by atoms with Crippen LogP contribution >= 0.6 is 11.6 Å². The molecule has 0 saturated carbocycles. The summed E-state index contributed by atoms with van der Waals surface area (Å²) >= 11 is 5.97. The second kappa shape index (κ2) is 6.53. The first-order valence-corrected chi connectivity index (χ1v) is 7.03. The molecule has 2 rings (SSSR count). The van der Waals surface area contributed by atoms with Gasteiger partial charge in [-0.2, -0.15) is 5.26 Å². The number of nitriles is 1. The molecule has 5 heteroatoms. The second-order valence-electron chi connectivity index (χ2n) is 4.70. The van der Waals surface area contributed by atoms with Crippen LogP contribution in [0.1, 0.15) is 41.7 Å². The van der Waals surface area contributed by atoms with E-state index in [4.69, 9.17) is 16.9 Å². The van der Waals surface area contributed by atoms with Crippen LogP contribution in [0.4, 0.5) is 0 Å². The van der Waals surface area contributed by atoms with E-state index in [9.17, 15) is 4.79 Å². The number of pyridine rings is 1. The summed E-state index contributed by atoms with van der Waals surface area (Å²) in [6.07, 6.45) is 5.64. The zero-order valence-corrected chi connectivity index (χ0v) is 11.4. The summed E-state index contributed by atoms with van der Waals surface area (Å²) < 4.78 is 0. The van der Waals surface area contributed by atoms with Crippen molar-refractivity contribution in [3.05, 3.63) is 29.6 Å². The number of hydrogen-bond donors (Lipinski definition) is 0. The highest BCUT2D eigenvalue weighted by Crippen LogP contribution is 2.19. The van der Waals surface area contributed by atoms with Crippen LogP contribution in [0.5, 0.6) is 0 Å². The number of hydrogen-bond acceptors (Lipinski definition) is 3. The Hall–Kier alpha value is -1.60. The Balaban J connectivity index is 2.18. The van der Waals surface area contributed by atoms with Gasteiger partial charge < -0.3 is 4.90 Å². The van der Waals surface area contributed by atoms with E-state index in [1.54, 1.807) is 12.1 Å². The van der Waals surface area contributed by atoms with E-state index >= 15 is 0 Å². The molecule has 0 radical (unpaired) electrons. The molecule has 1 unspecified atom stereocenters. The van der Waals surface area contributed by atoms with E-state index in [2.05, 4.69) is 4.98 Å². The smallest absolute Gasteiger partial charge is 0.272 e. The first-order valence-electron chi connectivity index (χ1n) is 6.49. The number of rotatable bonds is 2. The van der Waals surface area contributed by atoms with Crippen LogP contribution in [0.2, 0.25) is 0 Å². The Morgan fingerprint density at radius 1 is 1.47 bits per heavy atom. The molecule has 1 aliphatic rings. The van der Waals surface area contributed by atoms with Crippen LogP contribution < -0.4 is 0 Å². The summed E-state index contributed by atoms with van der Waals surface area (Å²) in [7, 11) is 0. The molecule has 1 atom stereocenters. The van der Waals surface area contributed by atoms with Gasteiger partial charge in [0.25, 0.3) is 5.91 Å². The van der Waals surface area contributed by atoms with Gasteiger partial charge in [-0.1, -0.05) is 12.8 Å². The van der Waals surface area contributed by atoms with Gasteiger partial charge in [-0.3, -0.25) is 4.79 Å². The van der Waals surface area contributed by atoms with Gasteiger partial charge in [-0.15, -0.1) is 11.6 Å². The Kier molecular flexibility index (Phi) is 4.75. The third-order valence-electron chi connectivity index (χ3n) is 3.43. The summed E-state index contributed by atoms with van der Waals surface area (Å²) in [4.78, 5) is 18.3. The zero-order valence-electron chi connectivity index (χ0n) is 10.7. The van der Waals surface area contributed by atoms with E-state index in [-0.39, 0.29) is 11.9 Å². The maximum absolute atomic E-state index is 12.4. The molecule has 4 nitrogen and oxygen atoms in total. The highest BCUT2D eigenvalue weighted by atomic mass is 35.5. The van der Waals surface area contributed by atoms with E-state index < -0.39 is 0 Å². The Labute approximate surface area is 118 Å². The standard InChI is InChI=1S/C14H16ClN3O/c15-8-12-4-2-1-3-7-18(12)14(19)13-6-5-11(9-16)10-17-13/h5-6,10,12H,1-4,7-8H2. The summed E-state index contributed by atoms with van der Waals surface area (Å²) in [6, 6.07) is 5.31. The van der Waals surface area contributed by atoms with Crippen LogP contribution in [-0.4, -0.2) is 34.3 Å². The van der Waals surface area contributed by atoms with Gasteiger partial charge in [-0.05, 0) is 25.0 Å². The summed E-state index contributed by atoms with van der Waals surface area (Å²) in [6.45, 7) is 0.734. The van der Waals surface area contributed by atoms with Gasteiger partial charge >= 0.3 is 0 Å². The molecule has 1 aromatic heterocycles. The Morgan fingerprint density at radius 2 is 2.32 bits per heavy atom. The van der Waals surface area contributed by atoms with Gasteiger partial charge in [-0.25, -0.2) is 4.98 Å². The lowest BCUT2D eigenvalue weighted by Crippen LogP contribution is -2.41. The summed E-state index contributed by atoms with van der Waals surface area (Å²) in [5, 5.41) is 8.73. The van der Waals surface area contributed by atoms with Crippen molar-refractivity contribution in [2.75, 3.05) is 12.4 Å². The number of nitrogens with zero attached hydrogens (tertiary/aromatic N) is 3. The quantitative estimate of drug-likeness (QED) is 0.781. The lowest BCUT2D eigenvalue weighted by molar-refractivity contribution is 0.0694. The summed E-state index contributed by atoms with van der Waals surface area (Å²) in [5.74, 6) is 0.374. The average Bonchev–Trinajstić information content (AvgIpc) is 2.71. The first kappa shape index (κ1) is 13.8. The zero-order chi connectivity index (χ0) is 13.7. The van der Waals surface area contributed by atoms with Crippen molar-refractivity contribution < 1.29 is 4.79 Å². The topological polar surface area (TPSA) is 57.0 Å². The lowest BCUT2D eigenvalue weighted by Gasteiger charge is -2.28. The number of amides is 1. The highest BCUT2D eigenvalue weighted by molar-refractivity contribution is 6.18. The number of carbonyl (C=O) groups excluding carboxylic acids is 1. The minimum atomic E-state index is -0.0861. The van der Waals surface area contributed by atoms with Gasteiger partial charge in [0.15, 0.2) is 0 Å². The molecular weight excluding hydrogens is 262 g/mol. The first-order chi connectivity index (χ1) is 9.26. The predicted molar refractivity (Wildman–Crippen MR) is 73.0 cm³/mol. The van der Waals surface area contributed by atoms with Gasteiger partial charge in [0, 0.05) is 24.7 Å². The molecule has 2 heterocycles. The van der Waals surface area contributed by atoms with Crippen LogP contribution in [0.25, 0.3) is 0 Å². The van der Waals surface area contributed by atoms with Crippen LogP contribution in [-0.2, 0) is 0 Å². The molecular formula is C14H16ClN3O. The average molecular weight is 278 g/mol. The number of carbonyl (C=O) groups is 1. The van der Waals surface area contributed by atoms with Crippen molar-refractivity contribution in [2.45, 2.75) is 31.7 Å². The van der Waals surface area contributed by atoms with Gasteiger partial charge in [0.05, 0.1) is 5.56 Å². The molecule has 0 N–H and O–H groups in total. The lowest BCUT2D eigenvalue weighted by atomic mass is 10.1. The summed E-state index contributed by atoms with van der Waals surface area (Å²) in [5.41, 5.74) is 0.845. The van der Waals surface area contributed by atoms with Crippen molar-refractivity contribution in [3.8, 4) is 6.07 Å². The van der Waals surface area contributed by atoms with Crippen LogP contribution in [0.15, 0.2) is 18.3 Å². The van der Waals surface area contributed by atoms with Gasteiger partial charge in [0.1, 0.15) is 11.8 Å². The molecule has 1 aliphatic heterocycles. The SMILES string of the molecule is N#Cc1ccc(C(=O)N2CCCCCC2CCl)nc1. The number of alkyl halides is 1. The monoisotopic (exact) mass is 277 g/mol. The minimum Gasteiger partial charge on any atom is -0.333 e. The van der Waals surface area contributed by atoms with Crippen molar-refractivity contribution in [2.24, 2.45) is 0 Å². The van der Waals surface area contributed by atoms with Crippen LogP contribution in [0, 0.1) is 11.3 Å². The predicted octanol–water partition coefficient (Wildman–Crippen LogP) is 2.58. The Bertz CT molecular complexity index is 480. The van der Waals surface area contributed by atoms with Crippen molar-refractivity contribution in [1.29, 1.82) is 5.26 Å². The second-order valence-corrected chi connectivity index (χ2v) is 5.01. The van der Waals surface area contributed by atoms with E-state index in [1.165, 1.54) is 6.20 Å². The molecule has 0 aliphatic carbocycles. The number of halogens is 1. The van der Waals surface area contributed by atoms with Crippen molar-refractivity contribution in [3.63, 3.8) is 0 Å². The molecule has 0 bridgehead atoms. The Morgan fingerprint density at radius 3 is 2.95 bits per heavy atom. The molecule has 0 spiro atoms. The van der Waals surface area contributed by atoms with Gasteiger partial charge in [0.2, 0.25) is 0 Å². The highest BCUT2D eigenvalue weighted by Gasteiger charge is 2.26. The maximum atomic E-state index is 12.4. The fourth-order valence-corrected chi connectivity index (χ4v) is 2.66. The molecule has 19 heavy (non-hydrogen) atoms.